The smallest absolute Gasteiger partial charge is 0.335 e. The molecule has 0 fully saturated rings. The van der Waals surface area contributed by atoms with Crippen LogP contribution in [-0.4, -0.2) is 11.1 Å². The molecule has 0 aromatic heterocycles. The lowest BCUT2D eigenvalue weighted by atomic mass is 9.89. The molecular formula is C20H22O2. The molecule has 2 aromatic carbocycles. The van der Waals surface area contributed by atoms with Crippen LogP contribution >= 0.6 is 0 Å². The molecule has 0 aliphatic heterocycles. The van der Waals surface area contributed by atoms with Crippen molar-refractivity contribution in [1.29, 1.82) is 0 Å². The third-order valence-electron chi connectivity index (χ3n) is 4.18. The fourth-order valence-corrected chi connectivity index (χ4v) is 2.57. The first-order valence-electron chi connectivity index (χ1n) is 7.55. The largest absolute Gasteiger partial charge is 0.478 e. The minimum Gasteiger partial charge on any atom is -0.478 e. The zero-order valence-electron chi connectivity index (χ0n) is 13.3. The summed E-state index contributed by atoms with van der Waals surface area (Å²) < 4.78 is 0. The van der Waals surface area contributed by atoms with E-state index in [1.54, 1.807) is 12.1 Å². The van der Waals surface area contributed by atoms with Gasteiger partial charge in [0.15, 0.2) is 0 Å². The summed E-state index contributed by atoms with van der Waals surface area (Å²) in [6.45, 7) is 6.48. The van der Waals surface area contributed by atoms with Crippen LogP contribution in [0.2, 0.25) is 0 Å². The topological polar surface area (TPSA) is 37.3 Å². The Kier molecular flexibility index (Phi) is 5.16. The molecule has 114 valence electrons. The van der Waals surface area contributed by atoms with Crippen LogP contribution in [0.5, 0.6) is 0 Å². The molecule has 22 heavy (non-hydrogen) atoms. The number of carboxylic acids is 1. The maximum atomic E-state index is 10.9. The van der Waals surface area contributed by atoms with Crippen molar-refractivity contribution in [2.45, 2.75) is 32.6 Å². The molecule has 2 unspecified atom stereocenters. The normalized spacial score (nSPS) is 14.4. The summed E-state index contributed by atoms with van der Waals surface area (Å²) in [5, 5.41) is 8.96. The fraction of sp³-hybridized carbons (Fsp3) is 0.250. The van der Waals surface area contributed by atoms with Crippen molar-refractivity contribution in [2.24, 2.45) is 0 Å². The number of carbonyl (C=O) groups is 1. The molecule has 0 saturated carbocycles. The highest BCUT2D eigenvalue weighted by Crippen LogP contribution is 2.27. The Morgan fingerprint density at radius 1 is 0.955 bits per heavy atom. The average Bonchev–Trinajstić information content (AvgIpc) is 2.55. The van der Waals surface area contributed by atoms with Crippen molar-refractivity contribution in [1.82, 2.24) is 0 Å². The summed E-state index contributed by atoms with van der Waals surface area (Å²) in [5.74, 6) is -0.250. The fourth-order valence-electron chi connectivity index (χ4n) is 2.57. The summed E-state index contributed by atoms with van der Waals surface area (Å²) in [4.78, 5) is 10.9. The van der Waals surface area contributed by atoms with Crippen LogP contribution in [0.15, 0.2) is 66.2 Å². The van der Waals surface area contributed by atoms with Gasteiger partial charge >= 0.3 is 5.97 Å². The van der Waals surface area contributed by atoms with Crippen molar-refractivity contribution in [3.05, 3.63) is 82.9 Å². The minimum absolute atomic E-state index is 0.272. The summed E-state index contributed by atoms with van der Waals surface area (Å²) in [7, 11) is 0. The third kappa shape index (κ3) is 3.85. The Hall–Kier alpha value is -2.35. The molecule has 0 radical (unpaired) electrons. The van der Waals surface area contributed by atoms with Crippen molar-refractivity contribution < 1.29 is 9.90 Å². The second-order valence-corrected chi connectivity index (χ2v) is 5.76. The monoisotopic (exact) mass is 294 g/mol. The van der Waals surface area contributed by atoms with E-state index >= 15 is 0 Å². The number of aromatic carboxylic acids is 1. The zero-order valence-corrected chi connectivity index (χ0v) is 13.3. The number of allylic oxidation sites excluding steroid dienone is 2. The van der Waals surface area contributed by atoms with Gasteiger partial charge in [0.1, 0.15) is 0 Å². The van der Waals surface area contributed by atoms with Gasteiger partial charge in [-0.15, -0.1) is 0 Å². The molecule has 2 aromatic rings. The van der Waals surface area contributed by atoms with Gasteiger partial charge in [-0.25, -0.2) is 4.79 Å². The van der Waals surface area contributed by atoms with Gasteiger partial charge in [0, 0.05) is 5.92 Å². The van der Waals surface area contributed by atoms with E-state index < -0.39 is 5.97 Å². The molecular weight excluding hydrogens is 272 g/mol. The van der Waals surface area contributed by atoms with Gasteiger partial charge in [0.05, 0.1) is 5.56 Å². The number of hydrogen-bond donors (Lipinski definition) is 1. The van der Waals surface area contributed by atoms with Gasteiger partial charge in [0.25, 0.3) is 0 Å². The predicted octanol–water partition coefficient (Wildman–Crippen LogP) is 5.24. The van der Waals surface area contributed by atoms with Crippen LogP contribution in [0.4, 0.5) is 0 Å². The lowest BCUT2D eigenvalue weighted by molar-refractivity contribution is 0.0697. The summed E-state index contributed by atoms with van der Waals surface area (Å²) in [5.41, 5.74) is 4.06. The third-order valence-corrected chi connectivity index (χ3v) is 4.18. The van der Waals surface area contributed by atoms with E-state index in [1.165, 1.54) is 11.1 Å². The molecule has 0 aliphatic rings. The van der Waals surface area contributed by atoms with Crippen molar-refractivity contribution in [2.75, 3.05) is 0 Å². The molecule has 1 N–H and O–H groups in total. The standard InChI is InChI=1S/C20H22O2/c1-14(13-15(2)17-7-5-4-6-8-17)16(3)18-9-11-19(12-10-18)20(21)22/h4-13,15-16H,1-3H3,(H,21,22). The maximum absolute atomic E-state index is 10.9. The van der Waals surface area contributed by atoms with Crippen LogP contribution in [0.1, 0.15) is 54.1 Å². The van der Waals surface area contributed by atoms with Crippen LogP contribution in [-0.2, 0) is 0 Å². The number of hydrogen-bond acceptors (Lipinski definition) is 1. The SMILES string of the molecule is CC(=CC(C)c1ccccc1)C(C)c1ccc(C(=O)O)cc1. The van der Waals surface area contributed by atoms with E-state index in [0.717, 1.165) is 5.56 Å². The van der Waals surface area contributed by atoms with Crippen molar-refractivity contribution in [3.8, 4) is 0 Å². The summed E-state index contributed by atoms with van der Waals surface area (Å²) in [6, 6.07) is 17.6. The molecule has 2 nitrogen and oxygen atoms in total. The molecule has 2 atom stereocenters. The van der Waals surface area contributed by atoms with Crippen LogP contribution < -0.4 is 0 Å². The Morgan fingerprint density at radius 2 is 1.55 bits per heavy atom. The number of benzene rings is 2. The van der Waals surface area contributed by atoms with Crippen LogP contribution in [0.25, 0.3) is 0 Å². The van der Waals surface area contributed by atoms with Gasteiger partial charge < -0.3 is 5.11 Å². The Bertz CT molecular complexity index is 654. The van der Waals surface area contributed by atoms with Gasteiger partial charge in [-0.1, -0.05) is 68.0 Å². The lowest BCUT2D eigenvalue weighted by Crippen LogP contribution is -2.00. The average molecular weight is 294 g/mol. The van der Waals surface area contributed by atoms with E-state index in [0.29, 0.717) is 11.5 Å². The summed E-state index contributed by atoms with van der Waals surface area (Å²) >= 11 is 0. The van der Waals surface area contributed by atoms with Crippen LogP contribution in [0.3, 0.4) is 0 Å². The van der Waals surface area contributed by atoms with Crippen LogP contribution in [0, 0.1) is 0 Å². The lowest BCUT2D eigenvalue weighted by Gasteiger charge is -2.16. The second-order valence-electron chi connectivity index (χ2n) is 5.76. The molecule has 0 spiro atoms. The Morgan fingerprint density at radius 3 is 2.09 bits per heavy atom. The highest BCUT2D eigenvalue weighted by molar-refractivity contribution is 5.87. The molecule has 0 amide bonds. The molecule has 0 saturated heterocycles. The first-order valence-corrected chi connectivity index (χ1v) is 7.55. The summed E-state index contributed by atoms with van der Waals surface area (Å²) in [6.07, 6.45) is 2.28. The first kappa shape index (κ1) is 16.0. The first-order chi connectivity index (χ1) is 10.5. The van der Waals surface area contributed by atoms with Gasteiger partial charge in [-0.2, -0.15) is 0 Å². The zero-order chi connectivity index (χ0) is 16.1. The van der Waals surface area contributed by atoms with E-state index in [1.807, 2.05) is 18.2 Å². The van der Waals surface area contributed by atoms with E-state index in [9.17, 15) is 4.79 Å². The van der Waals surface area contributed by atoms with Gasteiger partial charge in [0.2, 0.25) is 0 Å². The highest BCUT2D eigenvalue weighted by atomic mass is 16.4. The van der Waals surface area contributed by atoms with Gasteiger partial charge in [-0.3, -0.25) is 0 Å². The molecule has 0 aliphatic carbocycles. The van der Waals surface area contributed by atoms with Crippen molar-refractivity contribution in [3.63, 3.8) is 0 Å². The minimum atomic E-state index is -0.885. The second kappa shape index (κ2) is 7.08. The molecule has 2 heteroatoms. The Labute approximate surface area is 132 Å². The molecule has 2 rings (SSSR count). The van der Waals surface area contributed by atoms with Crippen molar-refractivity contribution >= 4 is 5.97 Å². The number of rotatable bonds is 5. The Balaban J connectivity index is 2.15. The van der Waals surface area contributed by atoms with E-state index in [2.05, 4.69) is 51.1 Å². The molecule has 0 bridgehead atoms. The maximum Gasteiger partial charge on any atom is 0.335 e. The molecule has 0 heterocycles. The highest BCUT2D eigenvalue weighted by Gasteiger charge is 2.11. The number of carboxylic acid groups (broad SMARTS) is 1. The quantitative estimate of drug-likeness (QED) is 0.766. The van der Waals surface area contributed by atoms with Gasteiger partial charge in [-0.05, 0) is 36.1 Å². The predicted molar refractivity (Wildman–Crippen MR) is 90.4 cm³/mol. The van der Waals surface area contributed by atoms with E-state index in [4.69, 9.17) is 5.11 Å². The van der Waals surface area contributed by atoms with E-state index in [-0.39, 0.29) is 5.92 Å².